The molecule has 3 rings (SSSR count). The first-order chi connectivity index (χ1) is 11.2. The fourth-order valence-corrected chi connectivity index (χ4v) is 3.62. The summed E-state index contributed by atoms with van der Waals surface area (Å²) in [5, 5.41) is 8.77. The lowest BCUT2D eigenvalue weighted by atomic mass is 10.2. The highest BCUT2D eigenvalue weighted by Crippen LogP contribution is 2.41. The number of amides is 1. The summed E-state index contributed by atoms with van der Waals surface area (Å²) in [5.41, 5.74) is 0.829. The number of benzene rings is 1. The monoisotopic (exact) mass is 334 g/mol. The van der Waals surface area contributed by atoms with E-state index in [0.29, 0.717) is 5.76 Å². The standard InChI is InChI=1S/C15H14N2O5S/c18-14(19)11-8-23-13(12-6-16-9-22-12)17(11)15(20)21-7-10-4-2-1-3-5-10/h1-6,9,11,13H,7-8H2,(H,18,19)/t11?,13-/m1/s1. The molecule has 7 nitrogen and oxygen atoms in total. The maximum absolute atomic E-state index is 12.4. The quantitative estimate of drug-likeness (QED) is 0.918. The van der Waals surface area contributed by atoms with Gasteiger partial charge >= 0.3 is 12.1 Å². The molecule has 1 aromatic carbocycles. The van der Waals surface area contributed by atoms with Gasteiger partial charge in [0, 0.05) is 5.75 Å². The number of oxazole rings is 1. The van der Waals surface area contributed by atoms with Crippen molar-refractivity contribution in [2.24, 2.45) is 0 Å². The van der Waals surface area contributed by atoms with E-state index >= 15 is 0 Å². The smallest absolute Gasteiger partial charge is 0.412 e. The van der Waals surface area contributed by atoms with Gasteiger partial charge in [0.05, 0.1) is 6.20 Å². The molecule has 0 saturated carbocycles. The highest BCUT2D eigenvalue weighted by Gasteiger charge is 2.44. The Bertz CT molecular complexity index is 676. The van der Waals surface area contributed by atoms with Crippen LogP contribution in [0.25, 0.3) is 0 Å². The topological polar surface area (TPSA) is 92.9 Å². The Hall–Kier alpha value is -2.48. The first kappa shape index (κ1) is 15.4. The first-order valence-corrected chi connectivity index (χ1v) is 7.93. The molecule has 0 radical (unpaired) electrons. The van der Waals surface area contributed by atoms with E-state index in [1.54, 1.807) is 0 Å². The van der Waals surface area contributed by atoms with Crippen LogP contribution in [0.1, 0.15) is 16.7 Å². The van der Waals surface area contributed by atoms with Crippen molar-refractivity contribution in [1.29, 1.82) is 0 Å². The normalized spacial score (nSPS) is 20.4. The van der Waals surface area contributed by atoms with E-state index in [9.17, 15) is 14.7 Å². The number of carboxylic acids is 1. The van der Waals surface area contributed by atoms with Gasteiger partial charge in [-0.3, -0.25) is 4.90 Å². The Morgan fingerprint density at radius 1 is 1.39 bits per heavy atom. The summed E-state index contributed by atoms with van der Waals surface area (Å²) in [6, 6.07) is 8.24. The van der Waals surface area contributed by atoms with Crippen molar-refractivity contribution in [2.75, 3.05) is 5.75 Å². The number of rotatable bonds is 4. The molecule has 1 fully saturated rings. The van der Waals surface area contributed by atoms with E-state index in [1.165, 1.54) is 29.3 Å². The minimum absolute atomic E-state index is 0.0797. The number of aromatic nitrogens is 1. The molecular formula is C15H14N2O5S. The van der Waals surface area contributed by atoms with Crippen molar-refractivity contribution in [3.05, 3.63) is 54.2 Å². The number of nitrogens with zero attached hydrogens (tertiary/aromatic N) is 2. The average molecular weight is 334 g/mol. The van der Waals surface area contributed by atoms with Crippen LogP contribution in [0.3, 0.4) is 0 Å². The Kier molecular flexibility index (Phi) is 4.52. The molecule has 1 unspecified atom stereocenters. The molecule has 2 atom stereocenters. The van der Waals surface area contributed by atoms with Gasteiger partial charge in [-0.2, -0.15) is 0 Å². The van der Waals surface area contributed by atoms with E-state index in [-0.39, 0.29) is 12.4 Å². The fraction of sp³-hybridized carbons (Fsp3) is 0.267. The van der Waals surface area contributed by atoms with E-state index in [0.717, 1.165) is 5.56 Å². The molecule has 0 bridgehead atoms. The summed E-state index contributed by atoms with van der Waals surface area (Å²) >= 11 is 1.31. The number of hydrogen-bond acceptors (Lipinski definition) is 6. The molecule has 120 valence electrons. The third-order valence-electron chi connectivity index (χ3n) is 3.40. The Morgan fingerprint density at radius 3 is 2.83 bits per heavy atom. The van der Waals surface area contributed by atoms with Crippen LogP contribution >= 0.6 is 11.8 Å². The second kappa shape index (κ2) is 6.74. The lowest BCUT2D eigenvalue weighted by Crippen LogP contribution is -2.43. The first-order valence-electron chi connectivity index (χ1n) is 6.88. The minimum atomic E-state index is -1.07. The third kappa shape index (κ3) is 3.31. The van der Waals surface area contributed by atoms with Crippen LogP contribution in [0.5, 0.6) is 0 Å². The average Bonchev–Trinajstić information content (AvgIpc) is 3.22. The molecule has 1 aliphatic heterocycles. The van der Waals surface area contributed by atoms with Crippen LogP contribution in [-0.4, -0.2) is 38.8 Å². The molecule has 23 heavy (non-hydrogen) atoms. The molecule has 1 N–H and O–H groups in total. The zero-order valence-electron chi connectivity index (χ0n) is 12.0. The van der Waals surface area contributed by atoms with Crippen molar-refractivity contribution in [3.8, 4) is 0 Å². The Balaban J connectivity index is 1.74. The molecule has 1 aromatic heterocycles. The lowest BCUT2D eigenvalue weighted by molar-refractivity contribution is -0.141. The van der Waals surface area contributed by atoms with Crippen LogP contribution in [0.15, 0.2) is 47.3 Å². The number of hydrogen-bond donors (Lipinski definition) is 1. The summed E-state index contributed by atoms with van der Waals surface area (Å²) < 4.78 is 10.5. The maximum atomic E-state index is 12.4. The lowest BCUT2D eigenvalue weighted by Gasteiger charge is -2.25. The molecule has 8 heteroatoms. The van der Waals surface area contributed by atoms with Crippen molar-refractivity contribution < 1.29 is 23.8 Å². The molecular weight excluding hydrogens is 320 g/mol. The van der Waals surface area contributed by atoms with Crippen molar-refractivity contribution >= 4 is 23.8 Å². The number of carbonyl (C=O) groups excluding carboxylic acids is 1. The van der Waals surface area contributed by atoms with Gasteiger partial charge in [0.2, 0.25) is 0 Å². The van der Waals surface area contributed by atoms with Gasteiger partial charge < -0.3 is 14.3 Å². The predicted octanol–water partition coefficient (Wildman–Crippen LogP) is 2.51. The van der Waals surface area contributed by atoms with Crippen LogP contribution in [0, 0.1) is 0 Å². The maximum Gasteiger partial charge on any atom is 0.412 e. The van der Waals surface area contributed by atoms with Crippen LogP contribution < -0.4 is 0 Å². The van der Waals surface area contributed by atoms with Crippen LogP contribution in [0.2, 0.25) is 0 Å². The van der Waals surface area contributed by atoms with E-state index in [2.05, 4.69) is 4.98 Å². The minimum Gasteiger partial charge on any atom is -0.480 e. The molecule has 2 aromatic rings. The van der Waals surface area contributed by atoms with Gasteiger partial charge in [-0.25, -0.2) is 14.6 Å². The number of ether oxygens (including phenoxy) is 1. The second-order valence-corrected chi connectivity index (χ2v) is 6.00. The van der Waals surface area contributed by atoms with Gasteiger partial charge in [0.25, 0.3) is 0 Å². The zero-order chi connectivity index (χ0) is 16.2. The summed E-state index contributed by atoms with van der Waals surface area (Å²) in [6.07, 6.45) is 2.03. The zero-order valence-corrected chi connectivity index (χ0v) is 12.8. The SMILES string of the molecule is O=C(O)C1CS[C@H](c2cnco2)N1C(=O)OCc1ccccc1. The van der Waals surface area contributed by atoms with Gasteiger partial charge in [-0.05, 0) is 5.56 Å². The molecule has 1 aliphatic rings. The number of thioether (sulfide) groups is 1. The van der Waals surface area contributed by atoms with Crippen LogP contribution in [0.4, 0.5) is 4.79 Å². The van der Waals surface area contributed by atoms with Crippen molar-refractivity contribution in [2.45, 2.75) is 18.0 Å². The molecule has 1 amide bonds. The summed E-state index contributed by atoms with van der Waals surface area (Å²) in [7, 11) is 0. The van der Waals surface area contributed by atoms with Gasteiger partial charge in [0.1, 0.15) is 18.0 Å². The van der Waals surface area contributed by atoms with E-state index in [1.807, 2.05) is 30.3 Å². The second-order valence-electron chi connectivity index (χ2n) is 4.89. The highest BCUT2D eigenvalue weighted by atomic mass is 32.2. The van der Waals surface area contributed by atoms with Gasteiger partial charge in [-0.15, -0.1) is 11.8 Å². The molecule has 0 spiro atoms. The van der Waals surface area contributed by atoms with Crippen molar-refractivity contribution in [3.63, 3.8) is 0 Å². The predicted molar refractivity (Wildman–Crippen MR) is 81.6 cm³/mol. The van der Waals surface area contributed by atoms with Gasteiger partial charge in [0.15, 0.2) is 12.2 Å². The molecule has 0 aliphatic carbocycles. The number of aliphatic carboxylic acids is 1. The van der Waals surface area contributed by atoms with Gasteiger partial charge in [-0.1, -0.05) is 30.3 Å². The summed E-state index contributed by atoms with van der Waals surface area (Å²) in [5.74, 6) is -0.382. The Morgan fingerprint density at radius 2 is 2.17 bits per heavy atom. The Labute approximate surface area is 136 Å². The highest BCUT2D eigenvalue weighted by molar-refractivity contribution is 7.99. The fourth-order valence-electron chi connectivity index (χ4n) is 2.28. The third-order valence-corrected chi connectivity index (χ3v) is 4.68. The van der Waals surface area contributed by atoms with E-state index in [4.69, 9.17) is 9.15 Å². The summed E-state index contributed by atoms with van der Waals surface area (Å²) in [6.45, 7) is 0.0797. The van der Waals surface area contributed by atoms with Crippen molar-refractivity contribution in [1.82, 2.24) is 9.88 Å². The molecule has 2 heterocycles. The largest absolute Gasteiger partial charge is 0.480 e. The molecule has 1 saturated heterocycles. The number of carbonyl (C=O) groups is 2. The van der Waals surface area contributed by atoms with E-state index < -0.39 is 23.5 Å². The number of carboxylic acid groups (broad SMARTS) is 1. The summed E-state index contributed by atoms with van der Waals surface area (Å²) in [4.78, 5) is 28.8. The van der Waals surface area contributed by atoms with Crippen LogP contribution in [-0.2, 0) is 16.1 Å².